The number of hydrogen-bond acceptors (Lipinski definition) is 6. The number of aromatic nitrogens is 2. The van der Waals surface area contributed by atoms with Crippen LogP contribution in [0.1, 0.15) is 26.7 Å². The number of carbonyl (C=O) groups is 2. The van der Waals surface area contributed by atoms with Crippen LogP contribution in [0.3, 0.4) is 0 Å². The number of ether oxygens (including phenoxy) is 1. The lowest BCUT2D eigenvalue weighted by Crippen LogP contribution is -2.53. The fraction of sp³-hybridized carbons (Fsp3) is 0.476. The van der Waals surface area contributed by atoms with Crippen molar-refractivity contribution in [1.29, 1.82) is 0 Å². The maximum Gasteiger partial charge on any atom is 0.410 e. The van der Waals surface area contributed by atoms with Crippen molar-refractivity contribution in [2.45, 2.75) is 44.8 Å². The monoisotopic (exact) mass is 427 g/mol. The van der Waals surface area contributed by atoms with Gasteiger partial charge >= 0.3 is 6.09 Å². The van der Waals surface area contributed by atoms with E-state index < -0.39 is 4.92 Å². The molecule has 2 aromatic rings. The number of piperidine rings is 1. The number of rotatable bonds is 5. The van der Waals surface area contributed by atoms with Crippen molar-refractivity contribution >= 4 is 17.7 Å². The standard InChI is InChI=1S/C21H25N5O5/c1-21(2)14-31-20(28)25(21)16-7-10-23(11-8-16)19(27)13-24-12-9-18(22-24)15-3-5-17(6-4-15)26(29)30/h3-6,9,12,16H,7-8,10-11,13-14H2,1-2H3. The molecule has 0 bridgehead atoms. The van der Waals surface area contributed by atoms with Crippen LogP contribution in [0.15, 0.2) is 36.5 Å². The van der Waals surface area contributed by atoms with Crippen molar-refractivity contribution in [3.8, 4) is 11.3 Å². The van der Waals surface area contributed by atoms with Crippen LogP contribution in [0.2, 0.25) is 0 Å². The first-order chi connectivity index (χ1) is 14.7. The Morgan fingerprint density at radius 2 is 1.90 bits per heavy atom. The van der Waals surface area contributed by atoms with Crippen molar-refractivity contribution in [3.63, 3.8) is 0 Å². The maximum atomic E-state index is 12.7. The fourth-order valence-corrected chi connectivity index (χ4v) is 4.24. The molecule has 10 heteroatoms. The van der Waals surface area contributed by atoms with Gasteiger partial charge in [-0.3, -0.25) is 24.5 Å². The summed E-state index contributed by atoms with van der Waals surface area (Å²) in [6, 6.07) is 8.00. The molecule has 4 rings (SSSR count). The summed E-state index contributed by atoms with van der Waals surface area (Å²) in [6.07, 6.45) is 2.89. The lowest BCUT2D eigenvalue weighted by Gasteiger charge is -2.40. The van der Waals surface area contributed by atoms with Gasteiger partial charge in [0, 0.05) is 43.0 Å². The van der Waals surface area contributed by atoms with E-state index in [-0.39, 0.29) is 35.8 Å². The topological polar surface area (TPSA) is 111 Å². The van der Waals surface area contributed by atoms with Crippen LogP contribution in [0.4, 0.5) is 10.5 Å². The Morgan fingerprint density at radius 3 is 2.48 bits per heavy atom. The predicted molar refractivity (Wildman–Crippen MR) is 111 cm³/mol. The number of benzene rings is 1. The van der Waals surface area contributed by atoms with Gasteiger partial charge in [-0.15, -0.1) is 0 Å². The van der Waals surface area contributed by atoms with Gasteiger partial charge in [0.05, 0.1) is 16.2 Å². The third-order valence-electron chi connectivity index (χ3n) is 5.89. The second-order valence-electron chi connectivity index (χ2n) is 8.55. The highest BCUT2D eigenvalue weighted by atomic mass is 16.6. The molecule has 10 nitrogen and oxygen atoms in total. The van der Waals surface area contributed by atoms with Gasteiger partial charge in [0.15, 0.2) is 0 Å². The zero-order chi connectivity index (χ0) is 22.2. The summed E-state index contributed by atoms with van der Waals surface area (Å²) in [4.78, 5) is 38.8. The SMILES string of the molecule is CC1(C)COC(=O)N1C1CCN(C(=O)Cn2ccc(-c3ccc([N+](=O)[O-])cc3)n2)CC1. The van der Waals surface area contributed by atoms with Crippen LogP contribution in [0.25, 0.3) is 11.3 Å². The molecule has 1 aromatic carbocycles. The first-order valence-corrected chi connectivity index (χ1v) is 10.3. The van der Waals surface area contributed by atoms with Crippen molar-refractivity contribution in [1.82, 2.24) is 19.6 Å². The molecule has 2 aliphatic heterocycles. The highest BCUT2D eigenvalue weighted by Gasteiger charge is 2.44. The third-order valence-corrected chi connectivity index (χ3v) is 5.89. The predicted octanol–water partition coefficient (Wildman–Crippen LogP) is 2.68. The number of non-ortho nitro benzene ring substituents is 1. The zero-order valence-corrected chi connectivity index (χ0v) is 17.6. The lowest BCUT2D eigenvalue weighted by molar-refractivity contribution is -0.384. The maximum absolute atomic E-state index is 12.7. The van der Waals surface area contributed by atoms with Gasteiger partial charge in [-0.25, -0.2) is 4.79 Å². The van der Waals surface area contributed by atoms with E-state index >= 15 is 0 Å². The molecule has 2 fully saturated rings. The average Bonchev–Trinajstić information content (AvgIpc) is 3.31. The molecule has 31 heavy (non-hydrogen) atoms. The number of amides is 2. The number of nitro benzene ring substituents is 1. The third kappa shape index (κ3) is 4.23. The average molecular weight is 427 g/mol. The summed E-state index contributed by atoms with van der Waals surface area (Å²) in [5.41, 5.74) is 1.10. The summed E-state index contributed by atoms with van der Waals surface area (Å²) < 4.78 is 6.78. The molecule has 2 amide bonds. The van der Waals surface area contributed by atoms with Crippen molar-refractivity contribution < 1.29 is 19.2 Å². The van der Waals surface area contributed by atoms with E-state index in [1.54, 1.807) is 34.0 Å². The minimum absolute atomic E-state index is 0.0207. The normalized spacial score (nSPS) is 18.8. The Balaban J connectivity index is 1.34. The van der Waals surface area contributed by atoms with Gasteiger partial charge < -0.3 is 9.64 Å². The fourth-order valence-electron chi connectivity index (χ4n) is 4.24. The minimum atomic E-state index is -0.447. The molecule has 2 saturated heterocycles. The Bertz CT molecular complexity index is 992. The van der Waals surface area contributed by atoms with E-state index in [1.807, 2.05) is 18.7 Å². The molecule has 2 aliphatic rings. The molecule has 0 aliphatic carbocycles. The van der Waals surface area contributed by atoms with Gasteiger partial charge in [-0.1, -0.05) is 0 Å². The van der Waals surface area contributed by atoms with Crippen LogP contribution < -0.4 is 0 Å². The Hall–Kier alpha value is -3.43. The number of likely N-dealkylation sites (tertiary alicyclic amines) is 1. The molecular weight excluding hydrogens is 402 g/mol. The summed E-state index contributed by atoms with van der Waals surface area (Å²) in [7, 11) is 0. The minimum Gasteiger partial charge on any atom is -0.447 e. The highest BCUT2D eigenvalue weighted by molar-refractivity contribution is 5.76. The molecule has 0 atom stereocenters. The van der Waals surface area contributed by atoms with E-state index in [0.29, 0.717) is 25.4 Å². The Morgan fingerprint density at radius 1 is 1.23 bits per heavy atom. The first-order valence-electron chi connectivity index (χ1n) is 10.3. The zero-order valence-electron chi connectivity index (χ0n) is 17.6. The molecule has 0 saturated carbocycles. The van der Waals surface area contributed by atoms with Crippen molar-refractivity contribution in [2.75, 3.05) is 19.7 Å². The van der Waals surface area contributed by atoms with E-state index in [2.05, 4.69) is 5.10 Å². The van der Waals surface area contributed by atoms with Gasteiger partial charge in [-0.2, -0.15) is 5.10 Å². The smallest absolute Gasteiger partial charge is 0.410 e. The van der Waals surface area contributed by atoms with E-state index in [1.165, 1.54) is 12.1 Å². The highest BCUT2D eigenvalue weighted by Crippen LogP contribution is 2.30. The van der Waals surface area contributed by atoms with Gasteiger partial charge in [0.2, 0.25) is 5.91 Å². The largest absolute Gasteiger partial charge is 0.447 e. The number of nitrogens with zero attached hydrogens (tertiary/aromatic N) is 5. The van der Waals surface area contributed by atoms with Crippen LogP contribution in [-0.2, 0) is 16.1 Å². The lowest BCUT2D eigenvalue weighted by atomic mass is 9.97. The van der Waals surface area contributed by atoms with Crippen molar-refractivity contribution in [2.24, 2.45) is 0 Å². The molecule has 0 spiro atoms. The molecule has 164 valence electrons. The Labute approximate surface area is 179 Å². The van der Waals surface area contributed by atoms with Crippen LogP contribution in [-0.4, -0.2) is 67.8 Å². The van der Waals surface area contributed by atoms with Crippen LogP contribution >= 0.6 is 0 Å². The van der Waals surface area contributed by atoms with Crippen LogP contribution in [0.5, 0.6) is 0 Å². The summed E-state index contributed by atoms with van der Waals surface area (Å²) >= 11 is 0. The molecule has 1 aromatic heterocycles. The molecular formula is C21H25N5O5. The quantitative estimate of drug-likeness (QED) is 0.536. The number of carbonyl (C=O) groups excluding carboxylic acids is 2. The molecule has 3 heterocycles. The van der Waals surface area contributed by atoms with Gasteiger partial charge in [0.25, 0.3) is 5.69 Å². The summed E-state index contributed by atoms with van der Waals surface area (Å²) in [5.74, 6) is -0.0277. The van der Waals surface area contributed by atoms with E-state index in [4.69, 9.17) is 4.74 Å². The summed E-state index contributed by atoms with van der Waals surface area (Å²) in [6.45, 7) is 5.67. The van der Waals surface area contributed by atoms with Crippen molar-refractivity contribution in [3.05, 3.63) is 46.6 Å². The second kappa shape index (κ2) is 8.01. The van der Waals surface area contributed by atoms with E-state index in [9.17, 15) is 19.7 Å². The number of hydrogen-bond donors (Lipinski definition) is 0. The van der Waals surface area contributed by atoms with E-state index in [0.717, 1.165) is 18.4 Å². The van der Waals surface area contributed by atoms with Crippen LogP contribution in [0, 0.1) is 10.1 Å². The number of nitro groups is 1. The molecule has 0 N–H and O–H groups in total. The number of cyclic esters (lactones) is 1. The van der Waals surface area contributed by atoms with Gasteiger partial charge in [0.1, 0.15) is 13.2 Å². The molecule has 0 unspecified atom stereocenters. The van der Waals surface area contributed by atoms with Gasteiger partial charge in [-0.05, 0) is 44.9 Å². The summed E-state index contributed by atoms with van der Waals surface area (Å²) in [5, 5.41) is 15.2. The first kappa shape index (κ1) is 20.8. The second-order valence-corrected chi connectivity index (χ2v) is 8.55. The molecule has 0 radical (unpaired) electrons. The Kier molecular flexibility index (Phi) is 5.38.